The molecular weight excluding hydrogens is 332 g/mol. The average molecular weight is 356 g/mol. The quantitative estimate of drug-likeness (QED) is 0.910. The molecule has 138 valence electrons. The van der Waals surface area contributed by atoms with E-state index in [2.05, 4.69) is 23.9 Å². The van der Waals surface area contributed by atoms with Crippen LogP contribution in [0.2, 0.25) is 0 Å². The third-order valence-electron chi connectivity index (χ3n) is 4.81. The second-order valence-electron chi connectivity index (χ2n) is 7.04. The number of aryl methyl sites for hydroxylation is 1. The van der Waals surface area contributed by atoms with Crippen LogP contribution in [0, 0.1) is 12.8 Å². The highest BCUT2D eigenvalue weighted by Gasteiger charge is 2.30. The van der Waals surface area contributed by atoms with Crippen LogP contribution in [-0.2, 0) is 4.79 Å². The van der Waals surface area contributed by atoms with Gasteiger partial charge in [0.1, 0.15) is 5.82 Å². The second-order valence-corrected chi connectivity index (χ2v) is 7.04. The third kappa shape index (κ3) is 3.47. The van der Waals surface area contributed by atoms with Gasteiger partial charge in [-0.1, -0.05) is 32.0 Å². The lowest BCUT2D eigenvalue weighted by Gasteiger charge is -2.29. The summed E-state index contributed by atoms with van der Waals surface area (Å²) in [6, 6.07) is 7.93. The number of carbonyl (C=O) groups is 2. The maximum absolute atomic E-state index is 12.8. The van der Waals surface area contributed by atoms with Crippen molar-refractivity contribution in [3.8, 4) is 5.69 Å². The van der Waals surface area contributed by atoms with Crippen molar-refractivity contribution in [1.82, 2.24) is 19.7 Å². The molecule has 2 heterocycles. The molecule has 1 aliphatic rings. The van der Waals surface area contributed by atoms with Crippen LogP contribution in [0.1, 0.15) is 54.6 Å². The zero-order chi connectivity index (χ0) is 18.8. The fourth-order valence-corrected chi connectivity index (χ4v) is 3.38. The molecule has 3 rings (SSSR count). The van der Waals surface area contributed by atoms with Gasteiger partial charge in [0.05, 0.1) is 11.6 Å². The molecule has 0 bridgehead atoms. The Labute approximate surface area is 152 Å². The summed E-state index contributed by atoms with van der Waals surface area (Å²) in [7, 11) is 0. The standard InChI is InChI=1S/C19H24N4O3/c1-12(2)15-8-4-5-9-16(15)23-13(3)20-17(21-23)18(24)22-10-6-7-14(11-22)19(25)26/h4-5,8-9,12,14H,6-7,10-11H2,1-3H3,(H,25,26)/t14-/m1/s1. The summed E-state index contributed by atoms with van der Waals surface area (Å²) in [5.41, 5.74) is 2.04. The molecule has 7 heteroatoms. The Morgan fingerprint density at radius 2 is 2.00 bits per heavy atom. The lowest BCUT2D eigenvalue weighted by Crippen LogP contribution is -2.42. The van der Waals surface area contributed by atoms with Crippen LogP contribution in [-0.4, -0.2) is 49.7 Å². The van der Waals surface area contributed by atoms with Crippen LogP contribution in [0.4, 0.5) is 0 Å². The molecule has 7 nitrogen and oxygen atoms in total. The van der Waals surface area contributed by atoms with Gasteiger partial charge in [-0.3, -0.25) is 9.59 Å². The molecule has 26 heavy (non-hydrogen) atoms. The summed E-state index contributed by atoms with van der Waals surface area (Å²) in [5.74, 6) is -0.617. The zero-order valence-electron chi connectivity index (χ0n) is 15.3. The molecular formula is C19H24N4O3. The fourth-order valence-electron chi connectivity index (χ4n) is 3.38. The Hall–Kier alpha value is -2.70. The minimum absolute atomic E-state index is 0.118. The molecule has 1 saturated heterocycles. The third-order valence-corrected chi connectivity index (χ3v) is 4.81. The van der Waals surface area contributed by atoms with Gasteiger partial charge >= 0.3 is 5.97 Å². The van der Waals surface area contributed by atoms with Gasteiger partial charge < -0.3 is 10.0 Å². The monoisotopic (exact) mass is 356 g/mol. The van der Waals surface area contributed by atoms with Crippen molar-refractivity contribution < 1.29 is 14.7 Å². The number of carbonyl (C=O) groups excluding carboxylic acids is 1. The van der Waals surface area contributed by atoms with Crippen molar-refractivity contribution in [3.05, 3.63) is 41.5 Å². The number of aromatic nitrogens is 3. The lowest BCUT2D eigenvalue weighted by molar-refractivity contribution is -0.143. The minimum atomic E-state index is -0.858. The van der Waals surface area contributed by atoms with Crippen molar-refractivity contribution in [2.75, 3.05) is 13.1 Å². The van der Waals surface area contributed by atoms with E-state index in [1.807, 2.05) is 31.2 Å². The van der Waals surface area contributed by atoms with E-state index >= 15 is 0 Å². The molecule has 1 aromatic heterocycles. The van der Waals surface area contributed by atoms with E-state index in [0.717, 1.165) is 11.3 Å². The molecule has 0 aliphatic carbocycles. The number of piperidine rings is 1. The van der Waals surface area contributed by atoms with E-state index in [0.29, 0.717) is 31.1 Å². The van der Waals surface area contributed by atoms with Crippen LogP contribution in [0.15, 0.2) is 24.3 Å². The maximum atomic E-state index is 12.8. The highest BCUT2D eigenvalue weighted by atomic mass is 16.4. The first-order valence-corrected chi connectivity index (χ1v) is 8.93. The van der Waals surface area contributed by atoms with Crippen molar-refractivity contribution in [2.24, 2.45) is 5.92 Å². The van der Waals surface area contributed by atoms with Crippen LogP contribution in [0.3, 0.4) is 0 Å². The van der Waals surface area contributed by atoms with Crippen molar-refractivity contribution >= 4 is 11.9 Å². The summed E-state index contributed by atoms with van der Waals surface area (Å²) in [6.07, 6.45) is 1.28. The molecule has 1 atom stereocenters. The highest BCUT2D eigenvalue weighted by Crippen LogP contribution is 2.24. The van der Waals surface area contributed by atoms with E-state index in [1.54, 1.807) is 9.58 Å². The van der Waals surface area contributed by atoms with E-state index < -0.39 is 11.9 Å². The van der Waals surface area contributed by atoms with Gasteiger partial charge in [0, 0.05) is 13.1 Å². The van der Waals surface area contributed by atoms with Crippen LogP contribution in [0.25, 0.3) is 5.69 Å². The van der Waals surface area contributed by atoms with E-state index in [-0.39, 0.29) is 18.3 Å². The van der Waals surface area contributed by atoms with Gasteiger partial charge in [0.15, 0.2) is 0 Å². The van der Waals surface area contributed by atoms with Crippen molar-refractivity contribution in [2.45, 2.75) is 39.5 Å². The number of likely N-dealkylation sites (tertiary alicyclic amines) is 1. The van der Waals surface area contributed by atoms with Crippen molar-refractivity contribution in [1.29, 1.82) is 0 Å². The van der Waals surface area contributed by atoms with Gasteiger partial charge in [-0.2, -0.15) is 0 Å². The van der Waals surface area contributed by atoms with E-state index in [9.17, 15) is 14.7 Å². The Kier molecular flexibility index (Phi) is 5.06. The molecule has 1 aromatic carbocycles. The summed E-state index contributed by atoms with van der Waals surface area (Å²) >= 11 is 0. The SMILES string of the molecule is Cc1nc(C(=O)N2CCC[C@@H](C(=O)O)C2)nn1-c1ccccc1C(C)C. The number of amides is 1. The highest BCUT2D eigenvalue weighted by molar-refractivity contribution is 5.91. The van der Waals surface area contributed by atoms with Gasteiger partial charge in [0.2, 0.25) is 5.82 Å². The number of hydrogen-bond acceptors (Lipinski definition) is 4. The Morgan fingerprint density at radius 3 is 2.69 bits per heavy atom. The average Bonchev–Trinajstić information content (AvgIpc) is 3.02. The minimum Gasteiger partial charge on any atom is -0.481 e. The molecule has 0 unspecified atom stereocenters. The first-order chi connectivity index (χ1) is 12.4. The number of aliphatic carboxylic acids is 1. The summed E-state index contributed by atoms with van der Waals surface area (Å²) < 4.78 is 1.70. The number of nitrogens with zero attached hydrogens (tertiary/aromatic N) is 4. The smallest absolute Gasteiger partial charge is 0.308 e. The van der Waals surface area contributed by atoms with Gasteiger partial charge in [-0.25, -0.2) is 9.67 Å². The Morgan fingerprint density at radius 1 is 1.27 bits per heavy atom. The van der Waals surface area contributed by atoms with E-state index in [4.69, 9.17) is 0 Å². The number of benzene rings is 1. The molecule has 1 aliphatic heterocycles. The maximum Gasteiger partial charge on any atom is 0.308 e. The number of carboxylic acids is 1. The molecule has 1 amide bonds. The Bertz CT molecular complexity index is 828. The van der Waals surface area contributed by atoms with Crippen molar-refractivity contribution in [3.63, 3.8) is 0 Å². The lowest BCUT2D eigenvalue weighted by atomic mass is 9.98. The van der Waals surface area contributed by atoms with Crippen LogP contribution < -0.4 is 0 Å². The predicted octanol–water partition coefficient (Wildman–Crippen LogP) is 2.64. The molecule has 2 aromatic rings. The Balaban J connectivity index is 1.89. The molecule has 0 spiro atoms. The van der Waals surface area contributed by atoms with Gasteiger partial charge in [-0.05, 0) is 37.3 Å². The summed E-state index contributed by atoms with van der Waals surface area (Å²) in [5, 5.41) is 13.6. The molecule has 0 saturated carbocycles. The number of para-hydroxylation sites is 1. The molecule has 0 radical (unpaired) electrons. The zero-order valence-corrected chi connectivity index (χ0v) is 15.3. The predicted molar refractivity (Wildman–Crippen MR) is 96.4 cm³/mol. The van der Waals surface area contributed by atoms with Gasteiger partial charge in [-0.15, -0.1) is 5.10 Å². The number of hydrogen-bond donors (Lipinski definition) is 1. The number of carboxylic acid groups (broad SMARTS) is 1. The van der Waals surface area contributed by atoms with Gasteiger partial charge in [0.25, 0.3) is 5.91 Å². The van der Waals surface area contributed by atoms with E-state index in [1.165, 1.54) is 0 Å². The van der Waals surface area contributed by atoms with Crippen LogP contribution >= 0.6 is 0 Å². The summed E-state index contributed by atoms with van der Waals surface area (Å²) in [6.45, 7) is 6.79. The topological polar surface area (TPSA) is 88.3 Å². The largest absolute Gasteiger partial charge is 0.481 e. The molecule has 1 fully saturated rings. The first kappa shape index (κ1) is 18.1. The molecule has 1 N–H and O–H groups in total. The first-order valence-electron chi connectivity index (χ1n) is 8.93. The number of rotatable bonds is 4. The van der Waals surface area contributed by atoms with Crippen LogP contribution in [0.5, 0.6) is 0 Å². The normalized spacial score (nSPS) is 17.5. The second kappa shape index (κ2) is 7.27. The summed E-state index contributed by atoms with van der Waals surface area (Å²) in [4.78, 5) is 29.9. The fraction of sp³-hybridized carbons (Fsp3) is 0.474.